The summed E-state index contributed by atoms with van der Waals surface area (Å²) in [6.45, 7) is 1.85. The summed E-state index contributed by atoms with van der Waals surface area (Å²) in [6.07, 6.45) is 6.06. The van der Waals surface area contributed by atoms with E-state index in [1.165, 1.54) is 11.3 Å². The van der Waals surface area contributed by atoms with Gasteiger partial charge >= 0.3 is 0 Å². The average molecular weight is 613 g/mol. The summed E-state index contributed by atoms with van der Waals surface area (Å²) in [6, 6.07) is 13.1. The SMILES string of the molecule is COCc1cc(N2C[C@H](CNC(=O)c3ccc(Cl)s3)CC2=O)ccc1-n1cccc(CCNC2CCC(O)CC2)c1=O. The Morgan fingerprint density at radius 3 is 2.67 bits per heavy atom. The van der Waals surface area contributed by atoms with Gasteiger partial charge in [-0.15, -0.1) is 11.3 Å². The highest BCUT2D eigenvalue weighted by molar-refractivity contribution is 7.18. The van der Waals surface area contributed by atoms with Gasteiger partial charge in [0.25, 0.3) is 11.5 Å². The van der Waals surface area contributed by atoms with Crippen molar-refractivity contribution >= 4 is 40.4 Å². The summed E-state index contributed by atoms with van der Waals surface area (Å²) >= 11 is 7.16. The Labute approximate surface area is 254 Å². The van der Waals surface area contributed by atoms with E-state index in [4.69, 9.17) is 16.3 Å². The van der Waals surface area contributed by atoms with Crippen LogP contribution >= 0.6 is 22.9 Å². The van der Waals surface area contributed by atoms with Crippen LogP contribution in [0.5, 0.6) is 0 Å². The van der Waals surface area contributed by atoms with E-state index >= 15 is 0 Å². The van der Waals surface area contributed by atoms with Crippen LogP contribution in [0.25, 0.3) is 5.69 Å². The molecule has 11 heteroatoms. The molecule has 2 aromatic heterocycles. The normalized spacial score (nSPS) is 20.7. The molecule has 3 N–H and O–H groups in total. The minimum Gasteiger partial charge on any atom is -0.393 e. The summed E-state index contributed by atoms with van der Waals surface area (Å²) in [4.78, 5) is 41.1. The number of aliphatic hydroxyl groups is 1. The predicted octanol–water partition coefficient (Wildman–Crippen LogP) is 3.92. The number of aromatic nitrogens is 1. The molecule has 0 radical (unpaired) electrons. The van der Waals surface area contributed by atoms with Crippen LogP contribution < -0.4 is 21.1 Å². The van der Waals surface area contributed by atoms with Gasteiger partial charge in [0, 0.05) is 61.6 Å². The van der Waals surface area contributed by atoms with Crippen LogP contribution in [0, 0.1) is 5.92 Å². The molecule has 1 saturated heterocycles. The first-order valence-electron chi connectivity index (χ1n) is 14.4. The van der Waals surface area contributed by atoms with E-state index < -0.39 is 0 Å². The Morgan fingerprint density at radius 1 is 1.12 bits per heavy atom. The van der Waals surface area contributed by atoms with Crippen LogP contribution in [-0.4, -0.2) is 60.4 Å². The molecule has 0 spiro atoms. The van der Waals surface area contributed by atoms with Crippen molar-refractivity contribution in [3.8, 4) is 5.69 Å². The van der Waals surface area contributed by atoms with Crippen molar-refractivity contribution in [3.63, 3.8) is 0 Å². The number of benzene rings is 1. The minimum absolute atomic E-state index is 0.0105. The lowest BCUT2D eigenvalue weighted by Gasteiger charge is -2.26. The number of carbonyl (C=O) groups excluding carboxylic acids is 2. The van der Waals surface area contributed by atoms with Gasteiger partial charge in [0.1, 0.15) is 0 Å². The highest BCUT2D eigenvalue weighted by atomic mass is 35.5. The van der Waals surface area contributed by atoms with Crippen LogP contribution in [0.3, 0.4) is 0 Å². The van der Waals surface area contributed by atoms with E-state index in [-0.39, 0.29) is 36.0 Å². The number of amides is 2. The average Bonchev–Trinajstić information content (AvgIpc) is 3.59. The fourth-order valence-corrected chi connectivity index (χ4v) is 6.74. The van der Waals surface area contributed by atoms with Crippen molar-refractivity contribution < 1.29 is 19.4 Å². The van der Waals surface area contributed by atoms with Gasteiger partial charge < -0.3 is 25.4 Å². The molecular weight excluding hydrogens is 576 g/mol. The number of halogens is 1. The van der Waals surface area contributed by atoms with Crippen molar-refractivity contribution in [1.82, 2.24) is 15.2 Å². The molecular formula is C31H37ClN4O5S. The first-order chi connectivity index (χ1) is 20.3. The second kappa shape index (κ2) is 14.0. The first kappa shape index (κ1) is 30.4. The minimum atomic E-state index is -0.193. The Bertz CT molecular complexity index is 1470. The number of ether oxygens (including phenoxy) is 1. The van der Waals surface area contributed by atoms with Gasteiger partial charge in [0.05, 0.1) is 27.6 Å². The molecule has 1 atom stereocenters. The number of anilines is 1. The second-order valence-electron chi connectivity index (χ2n) is 11.1. The number of hydrogen-bond donors (Lipinski definition) is 3. The highest BCUT2D eigenvalue weighted by Crippen LogP contribution is 2.29. The molecule has 2 fully saturated rings. The van der Waals surface area contributed by atoms with Crippen LogP contribution in [-0.2, 0) is 22.6 Å². The number of nitrogens with zero attached hydrogens (tertiary/aromatic N) is 2. The zero-order valence-electron chi connectivity index (χ0n) is 23.7. The molecule has 224 valence electrons. The van der Waals surface area contributed by atoms with Gasteiger partial charge in [0.15, 0.2) is 0 Å². The Kier molecular flexibility index (Phi) is 10.1. The third-order valence-corrected chi connectivity index (χ3v) is 9.27. The van der Waals surface area contributed by atoms with Crippen molar-refractivity contribution in [2.24, 2.45) is 5.92 Å². The fourth-order valence-electron chi connectivity index (χ4n) is 5.78. The van der Waals surface area contributed by atoms with E-state index in [0.29, 0.717) is 53.4 Å². The maximum atomic E-state index is 13.5. The molecule has 3 aromatic rings. The zero-order valence-corrected chi connectivity index (χ0v) is 25.3. The summed E-state index contributed by atoms with van der Waals surface area (Å²) in [5.74, 6) is -0.223. The van der Waals surface area contributed by atoms with Crippen molar-refractivity contribution in [2.45, 2.75) is 57.3 Å². The second-order valence-corrected chi connectivity index (χ2v) is 12.8. The summed E-state index contributed by atoms with van der Waals surface area (Å²) < 4.78 is 7.67. The molecule has 2 amide bonds. The molecule has 2 aliphatic rings. The molecule has 3 heterocycles. The van der Waals surface area contributed by atoms with Crippen molar-refractivity contribution in [1.29, 1.82) is 0 Å². The lowest BCUT2D eigenvalue weighted by molar-refractivity contribution is -0.117. The van der Waals surface area contributed by atoms with E-state index in [0.717, 1.165) is 42.5 Å². The van der Waals surface area contributed by atoms with Crippen LogP contribution in [0.4, 0.5) is 5.69 Å². The highest BCUT2D eigenvalue weighted by Gasteiger charge is 2.31. The molecule has 1 aromatic carbocycles. The lowest BCUT2D eigenvalue weighted by Crippen LogP contribution is -2.36. The topological polar surface area (TPSA) is 113 Å². The van der Waals surface area contributed by atoms with Crippen molar-refractivity contribution in [2.75, 3.05) is 31.6 Å². The van der Waals surface area contributed by atoms with Crippen LogP contribution in [0.15, 0.2) is 53.5 Å². The Balaban J connectivity index is 1.25. The van der Waals surface area contributed by atoms with Crippen molar-refractivity contribution in [3.05, 3.63) is 79.4 Å². The summed E-state index contributed by atoms with van der Waals surface area (Å²) in [5, 5.41) is 16.2. The maximum absolute atomic E-state index is 13.5. The smallest absolute Gasteiger partial charge is 0.261 e. The third kappa shape index (κ3) is 7.30. The number of nitrogens with one attached hydrogen (secondary N) is 2. The molecule has 42 heavy (non-hydrogen) atoms. The summed E-state index contributed by atoms with van der Waals surface area (Å²) in [7, 11) is 1.60. The van der Waals surface area contributed by atoms with Gasteiger partial charge in [-0.1, -0.05) is 17.7 Å². The number of pyridine rings is 1. The number of methoxy groups -OCH3 is 1. The first-order valence-corrected chi connectivity index (χ1v) is 15.6. The molecule has 1 saturated carbocycles. The summed E-state index contributed by atoms with van der Waals surface area (Å²) in [5.41, 5.74) is 2.89. The van der Waals surface area contributed by atoms with E-state index in [1.54, 1.807) is 34.9 Å². The molecule has 1 aliphatic heterocycles. The largest absolute Gasteiger partial charge is 0.393 e. The fraction of sp³-hybridized carbons (Fsp3) is 0.452. The van der Waals surface area contributed by atoms with Gasteiger partial charge in [0.2, 0.25) is 5.91 Å². The number of hydrogen-bond acceptors (Lipinski definition) is 7. The van der Waals surface area contributed by atoms with Gasteiger partial charge in [-0.05, 0) is 75.0 Å². The molecule has 1 aliphatic carbocycles. The number of rotatable bonds is 11. The number of thiophene rings is 1. The van der Waals surface area contributed by atoms with Crippen LogP contribution in [0.2, 0.25) is 4.34 Å². The zero-order chi connectivity index (χ0) is 29.6. The predicted molar refractivity (Wildman–Crippen MR) is 165 cm³/mol. The molecule has 0 unspecified atom stereocenters. The van der Waals surface area contributed by atoms with Gasteiger partial charge in [-0.2, -0.15) is 0 Å². The van der Waals surface area contributed by atoms with E-state index in [2.05, 4.69) is 10.6 Å². The number of carbonyl (C=O) groups is 2. The number of aliphatic hydroxyl groups excluding tert-OH is 1. The van der Waals surface area contributed by atoms with Gasteiger partial charge in [-0.25, -0.2) is 0 Å². The molecule has 0 bridgehead atoms. The quantitative estimate of drug-likeness (QED) is 0.303. The lowest BCUT2D eigenvalue weighted by atomic mass is 9.93. The van der Waals surface area contributed by atoms with Gasteiger partial charge in [-0.3, -0.25) is 19.0 Å². The Hall–Kier alpha value is -3.02. The third-order valence-electron chi connectivity index (χ3n) is 8.04. The maximum Gasteiger partial charge on any atom is 0.261 e. The monoisotopic (exact) mass is 612 g/mol. The molecule has 5 rings (SSSR count). The standard InChI is InChI=1S/C31H37ClN4O5S/c1-41-19-22-16-24(36-18-20(15-29(36)38)17-34-30(39)27-10-11-28(32)42-27)6-9-26(22)35-14-2-3-21(31(35)40)12-13-33-23-4-7-25(37)8-5-23/h2-3,6,9-11,14,16,20,23,25,33,37H,4-5,7-8,12-13,15,17-19H2,1H3,(H,34,39)/t20-,23?,25?/m0/s1. The Morgan fingerprint density at radius 2 is 1.93 bits per heavy atom. The molecule has 9 nitrogen and oxygen atoms in total. The van der Waals surface area contributed by atoms with Crippen LogP contribution in [0.1, 0.15) is 52.9 Å². The van der Waals surface area contributed by atoms with E-state index in [9.17, 15) is 19.5 Å². The van der Waals surface area contributed by atoms with E-state index in [1.807, 2.05) is 30.3 Å².